The van der Waals surface area contributed by atoms with Crippen molar-refractivity contribution >= 4 is 29.1 Å². The Morgan fingerprint density at radius 2 is 1.79 bits per heavy atom. The molecule has 0 bridgehead atoms. The molecule has 2 aromatic carbocycles. The first kappa shape index (κ1) is 20.2. The van der Waals surface area contributed by atoms with Crippen LogP contribution in [0.1, 0.15) is 17.3 Å². The number of ether oxygens (including phenoxy) is 1. The van der Waals surface area contributed by atoms with E-state index in [-0.39, 0.29) is 11.8 Å². The van der Waals surface area contributed by atoms with Crippen LogP contribution in [0.4, 0.5) is 5.69 Å². The molecule has 3 rings (SSSR count). The van der Waals surface area contributed by atoms with Crippen molar-refractivity contribution in [1.82, 2.24) is 9.80 Å². The molecule has 0 atom stereocenters. The van der Waals surface area contributed by atoms with Gasteiger partial charge in [0.1, 0.15) is 5.75 Å². The van der Waals surface area contributed by atoms with E-state index >= 15 is 0 Å². The van der Waals surface area contributed by atoms with Crippen LogP contribution in [-0.2, 0) is 4.79 Å². The third kappa shape index (κ3) is 5.47. The van der Waals surface area contributed by atoms with Crippen molar-refractivity contribution in [3.63, 3.8) is 0 Å². The third-order valence-corrected chi connectivity index (χ3v) is 4.78. The van der Waals surface area contributed by atoms with Gasteiger partial charge in [-0.1, -0.05) is 17.7 Å². The Hall–Kier alpha value is -2.57. The molecule has 1 fully saturated rings. The summed E-state index contributed by atoms with van der Waals surface area (Å²) in [5.41, 5.74) is 1.33. The number of nitrogens with zero attached hydrogens (tertiary/aromatic N) is 2. The van der Waals surface area contributed by atoms with Gasteiger partial charge in [-0.25, -0.2) is 0 Å². The molecule has 2 aromatic rings. The van der Waals surface area contributed by atoms with Crippen LogP contribution < -0.4 is 10.1 Å². The molecular formula is C21H24ClN3O3. The smallest absolute Gasteiger partial charge is 0.253 e. The SMILES string of the molecule is CCOc1ccc(NC(=O)CN2CCN(C(=O)c3cccc(Cl)c3)CC2)cc1. The summed E-state index contributed by atoms with van der Waals surface area (Å²) in [4.78, 5) is 28.7. The van der Waals surface area contributed by atoms with E-state index in [1.807, 2.05) is 36.1 Å². The second-order valence-corrected chi connectivity index (χ2v) is 7.02. The monoisotopic (exact) mass is 401 g/mol. The fraction of sp³-hybridized carbons (Fsp3) is 0.333. The Balaban J connectivity index is 1.46. The third-order valence-electron chi connectivity index (χ3n) is 4.55. The average molecular weight is 402 g/mol. The highest BCUT2D eigenvalue weighted by Gasteiger charge is 2.23. The largest absolute Gasteiger partial charge is 0.494 e. The summed E-state index contributed by atoms with van der Waals surface area (Å²) in [7, 11) is 0. The van der Waals surface area contributed by atoms with Gasteiger partial charge >= 0.3 is 0 Å². The fourth-order valence-electron chi connectivity index (χ4n) is 3.12. The minimum Gasteiger partial charge on any atom is -0.494 e. The molecule has 0 spiro atoms. The number of anilines is 1. The zero-order valence-corrected chi connectivity index (χ0v) is 16.6. The van der Waals surface area contributed by atoms with Gasteiger partial charge in [0, 0.05) is 42.5 Å². The van der Waals surface area contributed by atoms with Crippen molar-refractivity contribution in [3.8, 4) is 5.75 Å². The topological polar surface area (TPSA) is 61.9 Å². The van der Waals surface area contributed by atoms with Gasteiger partial charge in [0.05, 0.1) is 13.2 Å². The van der Waals surface area contributed by atoms with Crippen LogP contribution in [0.25, 0.3) is 0 Å². The molecule has 28 heavy (non-hydrogen) atoms. The van der Waals surface area contributed by atoms with E-state index in [1.165, 1.54) is 0 Å². The minimum absolute atomic E-state index is 0.0269. The van der Waals surface area contributed by atoms with Crippen molar-refractivity contribution in [3.05, 3.63) is 59.1 Å². The lowest BCUT2D eigenvalue weighted by molar-refractivity contribution is -0.117. The fourth-order valence-corrected chi connectivity index (χ4v) is 3.31. The van der Waals surface area contributed by atoms with Crippen LogP contribution in [0.5, 0.6) is 5.75 Å². The second-order valence-electron chi connectivity index (χ2n) is 6.58. The van der Waals surface area contributed by atoms with E-state index in [2.05, 4.69) is 5.32 Å². The zero-order chi connectivity index (χ0) is 19.9. The highest BCUT2D eigenvalue weighted by atomic mass is 35.5. The summed E-state index contributed by atoms with van der Waals surface area (Å²) >= 11 is 5.97. The van der Waals surface area contributed by atoms with E-state index in [9.17, 15) is 9.59 Å². The Morgan fingerprint density at radius 3 is 2.43 bits per heavy atom. The number of hydrogen-bond acceptors (Lipinski definition) is 4. The van der Waals surface area contributed by atoms with E-state index < -0.39 is 0 Å². The predicted molar refractivity (Wildman–Crippen MR) is 110 cm³/mol. The Bertz CT molecular complexity index is 818. The van der Waals surface area contributed by atoms with Crippen molar-refractivity contribution in [1.29, 1.82) is 0 Å². The summed E-state index contributed by atoms with van der Waals surface area (Å²) in [6, 6.07) is 14.3. The molecule has 0 aromatic heterocycles. The first-order valence-electron chi connectivity index (χ1n) is 9.35. The van der Waals surface area contributed by atoms with Crippen LogP contribution >= 0.6 is 11.6 Å². The second kappa shape index (κ2) is 9.57. The molecular weight excluding hydrogens is 378 g/mol. The molecule has 0 radical (unpaired) electrons. The van der Waals surface area contributed by atoms with Crippen LogP contribution in [0.15, 0.2) is 48.5 Å². The maximum absolute atomic E-state index is 12.6. The van der Waals surface area contributed by atoms with Crippen molar-refractivity contribution in [2.75, 3.05) is 44.6 Å². The number of rotatable bonds is 6. The van der Waals surface area contributed by atoms with Crippen LogP contribution in [-0.4, -0.2) is 60.9 Å². The number of benzene rings is 2. The number of carbonyl (C=O) groups excluding carboxylic acids is 2. The Morgan fingerprint density at radius 1 is 1.07 bits per heavy atom. The lowest BCUT2D eigenvalue weighted by Gasteiger charge is -2.34. The number of carbonyl (C=O) groups is 2. The van der Waals surface area contributed by atoms with Crippen LogP contribution in [0.3, 0.4) is 0 Å². The summed E-state index contributed by atoms with van der Waals surface area (Å²) in [6.45, 7) is 5.32. The molecule has 2 amide bonds. The molecule has 6 nitrogen and oxygen atoms in total. The molecule has 0 aliphatic carbocycles. The number of halogens is 1. The predicted octanol–water partition coefficient (Wildman–Crippen LogP) is 3.14. The molecule has 1 saturated heterocycles. The summed E-state index contributed by atoms with van der Waals surface area (Å²) < 4.78 is 5.39. The van der Waals surface area contributed by atoms with Gasteiger partial charge in [0.25, 0.3) is 5.91 Å². The van der Waals surface area contributed by atoms with E-state index in [0.29, 0.717) is 49.9 Å². The lowest BCUT2D eigenvalue weighted by atomic mass is 10.2. The van der Waals surface area contributed by atoms with Gasteiger partial charge in [-0.15, -0.1) is 0 Å². The number of hydrogen-bond donors (Lipinski definition) is 1. The van der Waals surface area contributed by atoms with Gasteiger partial charge in [0.15, 0.2) is 0 Å². The number of piperazine rings is 1. The maximum Gasteiger partial charge on any atom is 0.253 e. The first-order chi connectivity index (χ1) is 13.5. The Kier molecular flexibility index (Phi) is 6.90. The van der Waals surface area contributed by atoms with Gasteiger partial charge in [-0.05, 0) is 49.4 Å². The van der Waals surface area contributed by atoms with Gasteiger partial charge in [-0.2, -0.15) is 0 Å². The van der Waals surface area contributed by atoms with Crippen LogP contribution in [0, 0.1) is 0 Å². The summed E-state index contributed by atoms with van der Waals surface area (Å²) in [6.07, 6.45) is 0. The van der Waals surface area contributed by atoms with Crippen LogP contribution in [0.2, 0.25) is 5.02 Å². The highest BCUT2D eigenvalue weighted by molar-refractivity contribution is 6.30. The van der Waals surface area contributed by atoms with Gasteiger partial charge < -0.3 is 15.0 Å². The molecule has 1 aliphatic heterocycles. The molecule has 1 aliphatic rings. The lowest BCUT2D eigenvalue weighted by Crippen LogP contribution is -2.50. The number of nitrogens with one attached hydrogen (secondary N) is 1. The van der Waals surface area contributed by atoms with Gasteiger partial charge in [0.2, 0.25) is 5.91 Å². The molecule has 1 N–H and O–H groups in total. The standard InChI is InChI=1S/C21H24ClN3O3/c1-2-28-19-8-6-18(7-9-19)23-20(26)15-24-10-12-25(13-11-24)21(27)16-4-3-5-17(22)14-16/h3-9,14H,2,10-13,15H2,1H3,(H,23,26). The molecule has 0 saturated carbocycles. The van der Waals surface area contributed by atoms with Crippen molar-refractivity contribution < 1.29 is 14.3 Å². The first-order valence-corrected chi connectivity index (χ1v) is 9.73. The molecule has 148 valence electrons. The molecule has 7 heteroatoms. The van der Waals surface area contributed by atoms with E-state index in [0.717, 1.165) is 11.4 Å². The van der Waals surface area contributed by atoms with E-state index in [4.69, 9.17) is 16.3 Å². The Labute approximate surface area is 170 Å². The highest BCUT2D eigenvalue weighted by Crippen LogP contribution is 2.16. The quantitative estimate of drug-likeness (QED) is 0.807. The zero-order valence-electron chi connectivity index (χ0n) is 15.9. The summed E-state index contributed by atoms with van der Waals surface area (Å²) in [5.74, 6) is 0.681. The van der Waals surface area contributed by atoms with E-state index in [1.54, 1.807) is 29.2 Å². The average Bonchev–Trinajstić information content (AvgIpc) is 2.70. The van der Waals surface area contributed by atoms with Crippen molar-refractivity contribution in [2.24, 2.45) is 0 Å². The molecule has 0 unspecified atom stereocenters. The summed E-state index contributed by atoms with van der Waals surface area (Å²) in [5, 5.41) is 3.44. The normalized spacial score (nSPS) is 14.6. The van der Waals surface area contributed by atoms with Crippen molar-refractivity contribution in [2.45, 2.75) is 6.92 Å². The minimum atomic E-state index is -0.0706. The number of amides is 2. The maximum atomic E-state index is 12.6. The van der Waals surface area contributed by atoms with Gasteiger partial charge in [-0.3, -0.25) is 14.5 Å². The molecule has 1 heterocycles.